The van der Waals surface area contributed by atoms with Gasteiger partial charge < -0.3 is 15.4 Å². The van der Waals surface area contributed by atoms with Crippen LogP contribution in [0.5, 0.6) is 5.75 Å². The molecule has 2 aliphatic rings. The van der Waals surface area contributed by atoms with Gasteiger partial charge in [-0.05, 0) is 69.5 Å². The van der Waals surface area contributed by atoms with E-state index in [4.69, 9.17) is 4.74 Å². The third kappa shape index (κ3) is 4.39. The lowest BCUT2D eigenvalue weighted by atomic mass is 9.84. The number of tetrazole rings is 1. The van der Waals surface area contributed by atoms with Crippen LogP contribution in [0.15, 0.2) is 24.4 Å². The van der Waals surface area contributed by atoms with E-state index in [1.165, 1.54) is 19.0 Å². The molecule has 0 amide bonds. The zero-order valence-corrected chi connectivity index (χ0v) is 19.9. The maximum absolute atomic E-state index is 14.7. The first-order chi connectivity index (χ1) is 16.3. The molecule has 180 valence electrons. The van der Waals surface area contributed by atoms with Crippen LogP contribution in [0, 0.1) is 12.7 Å². The smallest absolute Gasteiger partial charge is 0.229 e. The molecule has 2 aromatic heterocycles. The molecular formula is C23H30FN9O. The van der Waals surface area contributed by atoms with Crippen molar-refractivity contribution >= 4 is 17.5 Å². The fourth-order valence-electron chi connectivity index (χ4n) is 5.34. The molecule has 0 saturated carbocycles. The van der Waals surface area contributed by atoms with E-state index in [-0.39, 0.29) is 23.3 Å². The van der Waals surface area contributed by atoms with Crippen LogP contribution < -0.4 is 15.4 Å². The lowest BCUT2D eigenvalue weighted by molar-refractivity contribution is 0.0500. The molecule has 5 rings (SSSR count). The summed E-state index contributed by atoms with van der Waals surface area (Å²) in [5, 5.41) is 18.2. The predicted octanol–water partition coefficient (Wildman–Crippen LogP) is 3.47. The molecule has 11 heteroatoms. The Morgan fingerprint density at radius 2 is 2.09 bits per heavy atom. The molecule has 2 atom stereocenters. The van der Waals surface area contributed by atoms with Crippen molar-refractivity contribution in [1.82, 2.24) is 35.1 Å². The van der Waals surface area contributed by atoms with E-state index in [0.29, 0.717) is 23.3 Å². The summed E-state index contributed by atoms with van der Waals surface area (Å²) in [7, 11) is 1.59. The minimum Gasteiger partial charge on any atom is -0.497 e. The van der Waals surface area contributed by atoms with Crippen molar-refractivity contribution in [3.63, 3.8) is 0 Å². The highest BCUT2D eigenvalue weighted by Crippen LogP contribution is 2.38. The fourth-order valence-corrected chi connectivity index (χ4v) is 5.34. The van der Waals surface area contributed by atoms with Gasteiger partial charge in [-0.1, -0.05) is 0 Å². The first kappa shape index (κ1) is 22.5. The van der Waals surface area contributed by atoms with Crippen molar-refractivity contribution < 1.29 is 9.13 Å². The molecule has 0 spiro atoms. The van der Waals surface area contributed by atoms with Crippen LogP contribution in [-0.2, 0) is 0 Å². The third-order valence-electron chi connectivity index (χ3n) is 6.80. The van der Waals surface area contributed by atoms with Crippen molar-refractivity contribution in [2.75, 3.05) is 24.3 Å². The van der Waals surface area contributed by atoms with Crippen molar-refractivity contribution in [3.05, 3.63) is 36.0 Å². The maximum atomic E-state index is 14.7. The number of hydrogen-bond acceptors (Lipinski definition) is 9. The van der Waals surface area contributed by atoms with Crippen molar-refractivity contribution in [3.8, 4) is 11.4 Å². The van der Waals surface area contributed by atoms with Crippen LogP contribution in [0.25, 0.3) is 5.69 Å². The summed E-state index contributed by atoms with van der Waals surface area (Å²) in [5.41, 5.74) is 1.46. The Bertz CT molecular complexity index is 1180. The van der Waals surface area contributed by atoms with Crippen molar-refractivity contribution in [2.24, 2.45) is 0 Å². The number of fused-ring (bicyclic) bond motifs is 1. The Balaban J connectivity index is 1.37. The molecule has 2 N–H and O–H groups in total. The number of ether oxygens (including phenoxy) is 1. The minimum atomic E-state index is -0.465. The quantitative estimate of drug-likeness (QED) is 0.564. The number of halogens is 1. The van der Waals surface area contributed by atoms with Gasteiger partial charge in [0.1, 0.15) is 5.75 Å². The highest BCUT2D eigenvalue weighted by molar-refractivity contribution is 5.62. The summed E-state index contributed by atoms with van der Waals surface area (Å²) in [5.74, 6) is 1.28. The number of methoxy groups -OCH3 is 1. The standard InChI is InChI=1S/C23H30FN9O/c1-14-29-30-31-33(14)18-8-15(10-19(11-18)34-4)27-22-25-13-20(24)21(28-22)26-16-9-17-6-5-7-32(17)23(2,3)12-16/h8,10-11,13,16-17H,5-7,9,12H2,1-4H3,(H2,25,26,27,28). The molecule has 3 aromatic rings. The van der Waals surface area contributed by atoms with Gasteiger partial charge in [-0.3, -0.25) is 4.90 Å². The third-order valence-corrected chi connectivity index (χ3v) is 6.80. The SMILES string of the molecule is COc1cc(Nc2ncc(F)c(NC3CC4CCCN4C(C)(C)C3)n2)cc(-n2nnnc2C)c1. The Kier molecular flexibility index (Phi) is 5.80. The Hall–Kier alpha value is -3.34. The van der Waals surface area contributed by atoms with Crippen molar-refractivity contribution in [1.29, 1.82) is 0 Å². The van der Waals surface area contributed by atoms with Crippen LogP contribution in [0.1, 0.15) is 45.4 Å². The average molecular weight is 468 g/mol. The molecule has 0 bridgehead atoms. The average Bonchev–Trinajstić information content (AvgIpc) is 3.45. The molecule has 2 saturated heterocycles. The number of aryl methyl sites for hydroxylation is 1. The number of nitrogens with zero attached hydrogens (tertiary/aromatic N) is 7. The van der Waals surface area contributed by atoms with E-state index in [2.05, 4.69) is 54.9 Å². The largest absolute Gasteiger partial charge is 0.497 e. The maximum Gasteiger partial charge on any atom is 0.229 e. The van der Waals surface area contributed by atoms with E-state index in [0.717, 1.165) is 25.1 Å². The second-order valence-electron chi connectivity index (χ2n) is 9.66. The minimum absolute atomic E-state index is 0.0764. The topological polar surface area (TPSA) is 106 Å². The van der Waals surface area contributed by atoms with Crippen molar-refractivity contribution in [2.45, 2.75) is 64.1 Å². The lowest BCUT2D eigenvalue weighted by Gasteiger charge is -2.47. The summed E-state index contributed by atoms with van der Waals surface area (Å²) in [6.45, 7) is 7.50. The van der Waals surface area contributed by atoms with E-state index in [1.807, 2.05) is 19.1 Å². The van der Waals surface area contributed by atoms with E-state index >= 15 is 0 Å². The van der Waals surface area contributed by atoms with Crippen LogP contribution in [0.3, 0.4) is 0 Å². The molecule has 2 unspecified atom stereocenters. The Morgan fingerprint density at radius 1 is 1.24 bits per heavy atom. The molecule has 4 heterocycles. The molecule has 2 fully saturated rings. The van der Waals surface area contributed by atoms with Gasteiger partial charge in [-0.15, -0.1) is 5.10 Å². The number of aromatic nitrogens is 6. The van der Waals surface area contributed by atoms with Crippen LogP contribution in [0.2, 0.25) is 0 Å². The summed E-state index contributed by atoms with van der Waals surface area (Å²) in [4.78, 5) is 11.2. The number of nitrogens with one attached hydrogen (secondary N) is 2. The Labute approximate surface area is 197 Å². The lowest BCUT2D eigenvalue weighted by Crippen LogP contribution is -2.55. The van der Waals surface area contributed by atoms with Gasteiger partial charge in [0.2, 0.25) is 5.95 Å². The Morgan fingerprint density at radius 3 is 2.85 bits per heavy atom. The summed E-state index contributed by atoms with van der Waals surface area (Å²) in [6, 6.07) is 6.17. The monoisotopic (exact) mass is 467 g/mol. The fraction of sp³-hybridized carbons (Fsp3) is 0.522. The summed E-state index contributed by atoms with van der Waals surface area (Å²) >= 11 is 0. The molecule has 34 heavy (non-hydrogen) atoms. The second kappa shape index (κ2) is 8.79. The molecule has 2 aliphatic heterocycles. The zero-order chi connectivity index (χ0) is 23.9. The molecular weight excluding hydrogens is 437 g/mol. The number of benzene rings is 1. The molecule has 0 radical (unpaired) electrons. The summed E-state index contributed by atoms with van der Waals surface area (Å²) < 4.78 is 21.7. The van der Waals surface area contributed by atoms with Gasteiger partial charge in [0.05, 0.1) is 19.0 Å². The van der Waals surface area contributed by atoms with Gasteiger partial charge in [-0.25, -0.2) is 9.37 Å². The van der Waals surface area contributed by atoms with E-state index < -0.39 is 5.82 Å². The molecule has 1 aromatic carbocycles. The summed E-state index contributed by atoms with van der Waals surface area (Å²) in [6.07, 6.45) is 5.53. The second-order valence-corrected chi connectivity index (χ2v) is 9.66. The highest BCUT2D eigenvalue weighted by Gasteiger charge is 2.43. The van der Waals surface area contributed by atoms with Crippen LogP contribution in [0.4, 0.5) is 21.8 Å². The normalized spacial score (nSPS) is 21.8. The highest BCUT2D eigenvalue weighted by atomic mass is 19.1. The number of anilines is 3. The first-order valence-corrected chi connectivity index (χ1v) is 11.6. The van der Waals surface area contributed by atoms with Crippen LogP contribution in [-0.4, -0.2) is 66.4 Å². The molecule has 10 nitrogen and oxygen atoms in total. The van der Waals surface area contributed by atoms with Crippen LogP contribution >= 0.6 is 0 Å². The zero-order valence-electron chi connectivity index (χ0n) is 19.9. The van der Waals surface area contributed by atoms with Gasteiger partial charge in [0.15, 0.2) is 17.5 Å². The number of piperidine rings is 1. The van der Waals surface area contributed by atoms with Gasteiger partial charge in [-0.2, -0.15) is 9.67 Å². The molecule has 0 aliphatic carbocycles. The first-order valence-electron chi connectivity index (χ1n) is 11.6. The van der Waals surface area contributed by atoms with Gasteiger partial charge in [0, 0.05) is 35.4 Å². The number of hydrogen-bond donors (Lipinski definition) is 2. The van der Waals surface area contributed by atoms with E-state index in [1.54, 1.807) is 17.9 Å². The van der Waals surface area contributed by atoms with E-state index in [9.17, 15) is 4.39 Å². The number of rotatable bonds is 6. The predicted molar refractivity (Wildman–Crippen MR) is 126 cm³/mol. The van der Waals surface area contributed by atoms with Gasteiger partial charge in [0.25, 0.3) is 0 Å². The van der Waals surface area contributed by atoms with Gasteiger partial charge >= 0.3 is 0 Å².